The van der Waals surface area contributed by atoms with Gasteiger partial charge < -0.3 is 25.3 Å². The monoisotopic (exact) mass is 393 g/mol. The summed E-state index contributed by atoms with van der Waals surface area (Å²) < 4.78 is 15.0. The van der Waals surface area contributed by atoms with Crippen molar-refractivity contribution in [3.05, 3.63) is 39.9 Å². The second-order valence-electron chi connectivity index (χ2n) is 5.27. The number of rotatable bonds is 8. The molecule has 0 aliphatic carbocycles. The van der Waals surface area contributed by atoms with E-state index in [0.29, 0.717) is 5.56 Å². The van der Waals surface area contributed by atoms with Crippen molar-refractivity contribution >= 4 is 34.1 Å². The van der Waals surface area contributed by atoms with Gasteiger partial charge in [-0.25, -0.2) is 9.78 Å². The van der Waals surface area contributed by atoms with Crippen LogP contribution < -0.4 is 15.8 Å². The van der Waals surface area contributed by atoms with Crippen molar-refractivity contribution in [1.29, 1.82) is 0 Å². The number of nitrogens with one attached hydrogen (secondary N) is 1. The average molecular weight is 393 g/mol. The Morgan fingerprint density at radius 2 is 2.00 bits per heavy atom. The Kier molecular flexibility index (Phi) is 6.85. The number of carbonyl (C=O) groups is 3. The molecule has 0 bridgehead atoms. The maximum Gasteiger partial charge on any atom is 0.341 e. The number of ether oxygens (including phenoxy) is 3. The van der Waals surface area contributed by atoms with Gasteiger partial charge in [-0.3, -0.25) is 9.59 Å². The Hall–Kier alpha value is -2.98. The number of thiophene rings is 1. The van der Waals surface area contributed by atoms with Gasteiger partial charge in [0.05, 0.1) is 24.2 Å². The highest BCUT2D eigenvalue weighted by Crippen LogP contribution is 2.34. The molecular weight excluding hydrogens is 374 g/mol. The molecule has 0 aromatic carbocycles. The summed E-state index contributed by atoms with van der Waals surface area (Å²) in [7, 11) is 2.86. The van der Waals surface area contributed by atoms with Crippen LogP contribution in [0.15, 0.2) is 18.3 Å². The summed E-state index contributed by atoms with van der Waals surface area (Å²) >= 11 is 0.898. The fourth-order valence-corrected chi connectivity index (χ4v) is 3.31. The van der Waals surface area contributed by atoms with Gasteiger partial charge in [0.2, 0.25) is 5.88 Å². The van der Waals surface area contributed by atoms with Crippen molar-refractivity contribution < 1.29 is 28.6 Å². The van der Waals surface area contributed by atoms with Crippen LogP contribution >= 0.6 is 11.3 Å². The molecule has 0 aliphatic rings. The Balaban J connectivity index is 2.37. The SMILES string of the molecule is COCCOC(=O)c1c(NC(=O)c2cccnc2OC)sc(C(N)=O)c1C. The van der Waals surface area contributed by atoms with E-state index in [9.17, 15) is 14.4 Å². The highest BCUT2D eigenvalue weighted by Gasteiger charge is 2.26. The summed E-state index contributed by atoms with van der Waals surface area (Å²) in [6.07, 6.45) is 1.48. The van der Waals surface area contributed by atoms with E-state index in [1.54, 1.807) is 13.0 Å². The molecule has 0 unspecified atom stereocenters. The van der Waals surface area contributed by atoms with Gasteiger partial charge in [-0.1, -0.05) is 0 Å². The zero-order chi connectivity index (χ0) is 20.0. The lowest BCUT2D eigenvalue weighted by molar-refractivity contribution is 0.0389. The van der Waals surface area contributed by atoms with Crippen LogP contribution in [0.3, 0.4) is 0 Å². The summed E-state index contributed by atoms with van der Waals surface area (Å²) in [4.78, 5) is 40.8. The number of nitrogens with zero attached hydrogens (tertiary/aromatic N) is 1. The van der Waals surface area contributed by atoms with Crippen LogP contribution in [0.25, 0.3) is 0 Å². The van der Waals surface area contributed by atoms with Crippen LogP contribution in [-0.2, 0) is 9.47 Å². The first-order valence-electron chi connectivity index (χ1n) is 7.80. The predicted molar refractivity (Wildman–Crippen MR) is 98.5 cm³/mol. The molecule has 0 saturated heterocycles. The number of esters is 1. The van der Waals surface area contributed by atoms with Crippen molar-refractivity contribution in [1.82, 2.24) is 4.98 Å². The van der Waals surface area contributed by atoms with Crippen molar-refractivity contribution in [2.45, 2.75) is 6.92 Å². The van der Waals surface area contributed by atoms with E-state index >= 15 is 0 Å². The third kappa shape index (κ3) is 4.60. The Bertz CT molecular complexity index is 864. The van der Waals surface area contributed by atoms with Crippen LogP contribution in [0.5, 0.6) is 5.88 Å². The minimum absolute atomic E-state index is 0.0281. The van der Waals surface area contributed by atoms with Gasteiger partial charge in [0.25, 0.3) is 11.8 Å². The first-order valence-corrected chi connectivity index (χ1v) is 8.62. The fraction of sp³-hybridized carbons (Fsp3) is 0.294. The Labute approximate surface area is 159 Å². The number of carbonyl (C=O) groups excluding carboxylic acids is 3. The molecule has 3 N–H and O–H groups in total. The number of methoxy groups -OCH3 is 2. The molecule has 2 rings (SSSR count). The summed E-state index contributed by atoms with van der Waals surface area (Å²) in [6.45, 7) is 1.80. The second kappa shape index (κ2) is 9.10. The van der Waals surface area contributed by atoms with E-state index in [1.807, 2.05) is 0 Å². The summed E-state index contributed by atoms with van der Waals surface area (Å²) in [5, 5.41) is 2.76. The van der Waals surface area contributed by atoms with Gasteiger partial charge in [-0.15, -0.1) is 11.3 Å². The summed E-state index contributed by atoms with van der Waals surface area (Å²) in [6, 6.07) is 3.10. The quantitative estimate of drug-likeness (QED) is 0.515. The van der Waals surface area contributed by atoms with Crippen molar-refractivity contribution in [3.8, 4) is 5.88 Å². The molecule has 0 radical (unpaired) electrons. The van der Waals surface area contributed by atoms with Gasteiger partial charge in [-0.05, 0) is 24.6 Å². The van der Waals surface area contributed by atoms with Gasteiger partial charge in [0.1, 0.15) is 17.2 Å². The molecule has 0 fully saturated rings. The number of pyridine rings is 1. The van der Waals surface area contributed by atoms with Crippen molar-refractivity contribution in [3.63, 3.8) is 0 Å². The lowest BCUT2D eigenvalue weighted by atomic mass is 10.1. The molecule has 2 heterocycles. The highest BCUT2D eigenvalue weighted by atomic mass is 32.1. The molecule has 27 heavy (non-hydrogen) atoms. The maximum absolute atomic E-state index is 12.6. The molecule has 0 atom stereocenters. The smallest absolute Gasteiger partial charge is 0.341 e. The maximum atomic E-state index is 12.6. The zero-order valence-corrected chi connectivity index (χ0v) is 15.8. The highest BCUT2D eigenvalue weighted by molar-refractivity contribution is 7.18. The van der Waals surface area contributed by atoms with Crippen LogP contribution in [0.4, 0.5) is 5.00 Å². The molecule has 2 aromatic heterocycles. The number of primary amides is 1. The predicted octanol–water partition coefficient (Wildman–Crippen LogP) is 1.61. The lowest BCUT2D eigenvalue weighted by Gasteiger charge is -2.09. The van der Waals surface area contributed by atoms with E-state index in [1.165, 1.54) is 26.5 Å². The van der Waals surface area contributed by atoms with E-state index in [0.717, 1.165) is 11.3 Å². The first kappa shape index (κ1) is 20.3. The van der Waals surface area contributed by atoms with Crippen molar-refractivity contribution in [2.75, 3.05) is 32.8 Å². The molecule has 0 saturated carbocycles. The fourth-order valence-electron chi connectivity index (χ4n) is 2.27. The van der Waals surface area contributed by atoms with Crippen LogP contribution in [0.2, 0.25) is 0 Å². The minimum atomic E-state index is -0.706. The standard InChI is InChI=1S/C17H19N3O6S/c1-9-11(17(23)26-8-7-24-2)16(27-12(9)13(18)21)20-14(22)10-5-4-6-19-15(10)25-3/h4-6H,7-8H2,1-3H3,(H2,18,21)(H,20,22). The molecular formula is C17H19N3O6S. The average Bonchev–Trinajstić information content (AvgIpc) is 2.98. The topological polar surface area (TPSA) is 130 Å². The molecule has 0 spiro atoms. The Morgan fingerprint density at radius 1 is 1.26 bits per heavy atom. The lowest BCUT2D eigenvalue weighted by Crippen LogP contribution is -2.17. The summed E-state index contributed by atoms with van der Waals surface area (Å²) in [5.41, 5.74) is 5.94. The number of hydrogen-bond acceptors (Lipinski definition) is 8. The number of aromatic nitrogens is 1. The minimum Gasteiger partial charge on any atom is -0.480 e. The van der Waals surface area contributed by atoms with E-state index in [-0.39, 0.29) is 40.1 Å². The van der Waals surface area contributed by atoms with Gasteiger partial charge in [-0.2, -0.15) is 0 Å². The third-order valence-electron chi connectivity index (χ3n) is 3.53. The third-order valence-corrected chi connectivity index (χ3v) is 4.75. The van der Waals surface area contributed by atoms with Gasteiger partial charge >= 0.3 is 5.97 Å². The second-order valence-corrected chi connectivity index (χ2v) is 6.29. The van der Waals surface area contributed by atoms with Crippen molar-refractivity contribution in [2.24, 2.45) is 5.73 Å². The van der Waals surface area contributed by atoms with Crippen LogP contribution in [0, 0.1) is 6.92 Å². The molecule has 2 aromatic rings. The van der Waals surface area contributed by atoms with Crippen LogP contribution in [-0.4, -0.2) is 50.2 Å². The van der Waals surface area contributed by atoms with Gasteiger partial charge in [0, 0.05) is 13.3 Å². The molecule has 10 heteroatoms. The van der Waals surface area contributed by atoms with E-state index in [2.05, 4.69) is 10.3 Å². The zero-order valence-electron chi connectivity index (χ0n) is 15.0. The van der Waals surface area contributed by atoms with Crippen LogP contribution in [0.1, 0.15) is 36.0 Å². The number of amides is 2. The molecule has 2 amide bonds. The molecule has 144 valence electrons. The molecule has 9 nitrogen and oxygen atoms in total. The largest absolute Gasteiger partial charge is 0.480 e. The molecule has 0 aliphatic heterocycles. The Morgan fingerprint density at radius 3 is 2.63 bits per heavy atom. The number of nitrogens with two attached hydrogens (primary N) is 1. The summed E-state index contributed by atoms with van der Waals surface area (Å²) in [5.74, 6) is -1.82. The number of anilines is 1. The normalized spacial score (nSPS) is 10.3. The first-order chi connectivity index (χ1) is 12.9. The van der Waals surface area contributed by atoms with E-state index < -0.39 is 17.8 Å². The number of hydrogen-bond donors (Lipinski definition) is 2. The van der Waals surface area contributed by atoms with E-state index in [4.69, 9.17) is 19.9 Å². The van der Waals surface area contributed by atoms with Gasteiger partial charge in [0.15, 0.2) is 0 Å².